The number of ether oxygens (including phenoxy) is 1. The van der Waals surface area contributed by atoms with Gasteiger partial charge in [-0.3, -0.25) is 14.5 Å². The third-order valence-electron chi connectivity index (χ3n) is 6.47. The van der Waals surface area contributed by atoms with Crippen LogP contribution in [-0.4, -0.2) is 39.7 Å². The lowest BCUT2D eigenvalue weighted by molar-refractivity contribution is 0.223. The molecule has 0 bridgehead atoms. The van der Waals surface area contributed by atoms with E-state index in [1.54, 1.807) is 24.8 Å². The summed E-state index contributed by atoms with van der Waals surface area (Å²) in [6.07, 6.45) is 7.78. The first-order valence-electron chi connectivity index (χ1n) is 11.7. The van der Waals surface area contributed by atoms with Crippen molar-refractivity contribution in [2.75, 3.05) is 0 Å². The number of hydrogen-bond donors (Lipinski definition) is 2. The molecule has 2 N–H and O–H groups in total. The minimum absolute atomic E-state index is 0.404. The molecule has 0 saturated carbocycles. The number of rotatable bonds is 5. The number of nitrogens with one attached hydrogen (secondary N) is 2. The van der Waals surface area contributed by atoms with E-state index in [1.165, 1.54) is 6.20 Å². The molecule has 0 fully saturated rings. The third kappa shape index (κ3) is 3.57. The van der Waals surface area contributed by atoms with Crippen LogP contribution in [0, 0.1) is 5.82 Å². The molecule has 0 spiro atoms. The summed E-state index contributed by atoms with van der Waals surface area (Å²) < 4.78 is 22.7. The smallest absolute Gasteiger partial charge is 0.161 e. The summed E-state index contributed by atoms with van der Waals surface area (Å²) in [7, 11) is 0. The molecule has 7 aromatic rings. The highest BCUT2D eigenvalue weighted by atomic mass is 19.1. The monoisotopic (exact) mass is 490 g/mol. The summed E-state index contributed by atoms with van der Waals surface area (Å²) in [5.74, 6) is 0.202. The Morgan fingerprint density at radius 3 is 2.81 bits per heavy atom. The number of pyridine rings is 3. The van der Waals surface area contributed by atoms with Crippen molar-refractivity contribution >= 4 is 27.6 Å². The second-order valence-corrected chi connectivity index (χ2v) is 8.74. The Kier molecular flexibility index (Phi) is 4.71. The number of fused-ring (bicyclic) bond motifs is 3. The second kappa shape index (κ2) is 8.23. The molecule has 0 aliphatic carbocycles. The molecule has 1 aromatic carbocycles. The summed E-state index contributed by atoms with van der Waals surface area (Å²) in [6.45, 7) is 1.82. The van der Waals surface area contributed by atoms with Gasteiger partial charge in [0, 0.05) is 46.1 Å². The van der Waals surface area contributed by atoms with E-state index >= 15 is 0 Å². The van der Waals surface area contributed by atoms with E-state index in [0.717, 1.165) is 39.1 Å². The minimum atomic E-state index is -0.530. The topological polar surface area (TPSA) is 110 Å². The van der Waals surface area contributed by atoms with Crippen LogP contribution in [0.15, 0.2) is 79.6 Å². The largest absolute Gasteiger partial charge is 0.486 e. The van der Waals surface area contributed by atoms with Gasteiger partial charge in [0.1, 0.15) is 35.3 Å². The SMILES string of the molecule is CC(Oc1ccc2[nH]nc(-c3ccc(-c4ccn5cnnc5c4)nc3)c2c1)c1c(F)cnc2[nH]ccc12. The van der Waals surface area contributed by atoms with Crippen molar-refractivity contribution in [3.63, 3.8) is 0 Å². The molecular formula is C27H19FN8O. The van der Waals surface area contributed by atoms with Crippen LogP contribution in [0.25, 0.3) is 50.1 Å². The molecule has 7 rings (SSSR count). The van der Waals surface area contributed by atoms with Crippen molar-refractivity contribution < 1.29 is 9.13 Å². The van der Waals surface area contributed by atoms with Crippen LogP contribution in [-0.2, 0) is 0 Å². The van der Waals surface area contributed by atoms with Crippen LogP contribution >= 0.6 is 0 Å². The van der Waals surface area contributed by atoms with E-state index in [-0.39, 0.29) is 0 Å². The highest BCUT2D eigenvalue weighted by Crippen LogP contribution is 2.33. The number of H-pyrrole nitrogens is 2. The molecule has 0 radical (unpaired) electrons. The van der Waals surface area contributed by atoms with Gasteiger partial charge in [-0.05, 0) is 55.5 Å². The Hall–Kier alpha value is -5.12. The lowest BCUT2D eigenvalue weighted by Crippen LogP contribution is -2.06. The Bertz CT molecular complexity index is 1900. The number of aromatic nitrogens is 8. The van der Waals surface area contributed by atoms with Crippen molar-refractivity contribution in [2.45, 2.75) is 13.0 Å². The predicted molar refractivity (Wildman–Crippen MR) is 136 cm³/mol. The van der Waals surface area contributed by atoms with Gasteiger partial charge < -0.3 is 9.72 Å². The van der Waals surface area contributed by atoms with Crippen molar-refractivity contribution in [1.82, 2.24) is 39.7 Å². The van der Waals surface area contributed by atoms with Gasteiger partial charge >= 0.3 is 0 Å². The summed E-state index contributed by atoms with van der Waals surface area (Å²) in [4.78, 5) is 11.8. The fraction of sp³-hybridized carbons (Fsp3) is 0.0741. The predicted octanol–water partition coefficient (Wildman–Crippen LogP) is 5.49. The Morgan fingerprint density at radius 1 is 0.973 bits per heavy atom. The normalized spacial score (nSPS) is 12.5. The van der Waals surface area contributed by atoms with Crippen LogP contribution in [0.4, 0.5) is 4.39 Å². The molecule has 1 unspecified atom stereocenters. The maximum atomic E-state index is 14.7. The van der Waals surface area contributed by atoms with Crippen LogP contribution < -0.4 is 4.74 Å². The van der Waals surface area contributed by atoms with Gasteiger partial charge in [0.25, 0.3) is 0 Å². The van der Waals surface area contributed by atoms with E-state index in [9.17, 15) is 4.39 Å². The van der Waals surface area contributed by atoms with E-state index in [0.29, 0.717) is 22.3 Å². The first-order chi connectivity index (χ1) is 18.1. The maximum absolute atomic E-state index is 14.7. The minimum Gasteiger partial charge on any atom is -0.486 e. The molecule has 9 nitrogen and oxygen atoms in total. The standard InChI is InChI=1S/C27H19FN8O/c1-15(25-19-6-8-29-27(19)31-13-21(25)28)37-18-3-5-23-20(11-18)26(35-33-23)17-2-4-22(30-12-17)16-7-9-36-14-32-34-24(36)10-16/h2-15H,1H3,(H,29,31)(H,33,35). The van der Waals surface area contributed by atoms with E-state index in [2.05, 4.69) is 35.3 Å². The Balaban J connectivity index is 1.20. The van der Waals surface area contributed by atoms with Crippen molar-refractivity contribution in [1.29, 1.82) is 0 Å². The first-order valence-corrected chi connectivity index (χ1v) is 11.7. The zero-order chi connectivity index (χ0) is 24.9. The van der Waals surface area contributed by atoms with Crippen LogP contribution in [0.3, 0.4) is 0 Å². The van der Waals surface area contributed by atoms with Gasteiger partial charge in [-0.2, -0.15) is 5.10 Å². The van der Waals surface area contributed by atoms with Crippen molar-refractivity contribution in [2.24, 2.45) is 0 Å². The van der Waals surface area contributed by atoms with E-state index in [4.69, 9.17) is 4.74 Å². The molecule has 0 aliphatic heterocycles. The van der Waals surface area contributed by atoms with Crippen molar-refractivity contribution in [3.8, 4) is 28.3 Å². The average molecular weight is 491 g/mol. The molecule has 180 valence electrons. The highest BCUT2D eigenvalue weighted by Gasteiger charge is 2.19. The molecule has 0 saturated heterocycles. The van der Waals surface area contributed by atoms with Gasteiger partial charge in [0.2, 0.25) is 0 Å². The highest BCUT2D eigenvalue weighted by molar-refractivity contribution is 5.93. The second-order valence-electron chi connectivity index (χ2n) is 8.74. The number of hydrogen-bond acceptors (Lipinski definition) is 6. The molecule has 0 aliphatic rings. The van der Waals surface area contributed by atoms with E-state index in [1.807, 2.05) is 60.0 Å². The average Bonchev–Trinajstić information content (AvgIpc) is 3.67. The van der Waals surface area contributed by atoms with Gasteiger partial charge in [0.15, 0.2) is 5.65 Å². The molecule has 37 heavy (non-hydrogen) atoms. The fourth-order valence-corrected chi connectivity index (χ4v) is 4.65. The number of aromatic amines is 2. The van der Waals surface area contributed by atoms with Crippen LogP contribution in [0.5, 0.6) is 5.75 Å². The van der Waals surface area contributed by atoms with Gasteiger partial charge in [-0.15, -0.1) is 10.2 Å². The zero-order valence-electron chi connectivity index (χ0n) is 19.6. The van der Waals surface area contributed by atoms with Gasteiger partial charge in [-0.25, -0.2) is 9.37 Å². The van der Waals surface area contributed by atoms with Crippen molar-refractivity contribution in [3.05, 3.63) is 91.0 Å². The number of halogens is 1. The van der Waals surface area contributed by atoms with Crippen LogP contribution in [0.1, 0.15) is 18.6 Å². The zero-order valence-corrected chi connectivity index (χ0v) is 19.6. The fourth-order valence-electron chi connectivity index (χ4n) is 4.65. The molecule has 0 amide bonds. The first kappa shape index (κ1) is 21.2. The summed E-state index contributed by atoms with van der Waals surface area (Å²) in [6, 6.07) is 15.3. The summed E-state index contributed by atoms with van der Waals surface area (Å²) in [5, 5.41) is 17.2. The Labute approximate surface area is 209 Å². The number of benzene rings is 1. The number of nitrogens with zero attached hydrogens (tertiary/aromatic N) is 6. The summed E-state index contributed by atoms with van der Waals surface area (Å²) in [5.41, 5.74) is 6.08. The van der Waals surface area contributed by atoms with Gasteiger partial charge in [-0.1, -0.05) is 0 Å². The third-order valence-corrected chi connectivity index (χ3v) is 6.47. The molecule has 6 heterocycles. The quantitative estimate of drug-likeness (QED) is 0.330. The van der Waals surface area contributed by atoms with Crippen LogP contribution in [0.2, 0.25) is 0 Å². The molecule has 10 heteroatoms. The molecule has 6 aromatic heterocycles. The maximum Gasteiger partial charge on any atom is 0.161 e. The van der Waals surface area contributed by atoms with E-state index < -0.39 is 11.9 Å². The molecule has 1 atom stereocenters. The lowest BCUT2D eigenvalue weighted by atomic mass is 10.1. The molecular weight excluding hydrogens is 471 g/mol. The lowest BCUT2D eigenvalue weighted by Gasteiger charge is -2.16. The van der Waals surface area contributed by atoms with Gasteiger partial charge in [0.05, 0.1) is 17.4 Å². The Morgan fingerprint density at radius 2 is 1.92 bits per heavy atom. The summed E-state index contributed by atoms with van der Waals surface area (Å²) >= 11 is 0.